The van der Waals surface area contributed by atoms with Gasteiger partial charge in [0.25, 0.3) is 5.91 Å². The minimum absolute atomic E-state index is 0.198. The second-order valence-electron chi connectivity index (χ2n) is 6.99. The number of methoxy groups -OCH3 is 2. The zero-order chi connectivity index (χ0) is 22.8. The van der Waals surface area contributed by atoms with E-state index in [-0.39, 0.29) is 27.4 Å². The fourth-order valence-electron chi connectivity index (χ4n) is 3.51. The monoisotopic (exact) mass is 447 g/mol. The normalized spacial score (nSPS) is 13.0. The van der Waals surface area contributed by atoms with Crippen LogP contribution in [0.1, 0.15) is 31.1 Å². The van der Waals surface area contributed by atoms with E-state index in [1.54, 1.807) is 37.4 Å². The maximum absolute atomic E-state index is 13.0. The van der Waals surface area contributed by atoms with Gasteiger partial charge in [0.05, 0.1) is 14.2 Å². The predicted octanol–water partition coefficient (Wildman–Crippen LogP) is 4.63. The Morgan fingerprint density at radius 1 is 0.812 bits per heavy atom. The van der Waals surface area contributed by atoms with E-state index in [1.165, 1.54) is 19.2 Å². The Hall–Kier alpha value is -3.90. The van der Waals surface area contributed by atoms with E-state index in [2.05, 4.69) is 5.32 Å². The fraction of sp³-hybridized carbons (Fsp3) is 0.0800. The largest absolute Gasteiger partial charge is 0.497 e. The topological polar surface area (TPSA) is 81.7 Å². The first-order chi connectivity index (χ1) is 15.4. The molecule has 0 aliphatic heterocycles. The molecule has 1 aliphatic rings. The van der Waals surface area contributed by atoms with Crippen molar-refractivity contribution in [2.24, 2.45) is 0 Å². The number of amides is 1. The number of halogens is 1. The standard InChI is InChI=1S/C25H18ClNO5/c1-31-16-7-5-6-14(12-16)19-13-15(10-11-20(19)32-2)25(30)27-22-21(26)23(28)17-8-3-4-9-18(17)24(22)29/h3-13H,1-2H3,(H,27,30). The molecule has 1 amide bonds. The summed E-state index contributed by atoms with van der Waals surface area (Å²) in [5, 5.41) is 2.20. The van der Waals surface area contributed by atoms with Gasteiger partial charge in [-0.2, -0.15) is 0 Å². The number of allylic oxidation sites excluding steroid dienone is 2. The Labute approximate surface area is 189 Å². The van der Waals surface area contributed by atoms with Gasteiger partial charge in [-0.3, -0.25) is 14.4 Å². The molecule has 3 aromatic carbocycles. The summed E-state index contributed by atoms with van der Waals surface area (Å²) < 4.78 is 10.7. The number of nitrogens with one attached hydrogen (secondary N) is 1. The zero-order valence-corrected chi connectivity index (χ0v) is 18.0. The van der Waals surface area contributed by atoms with Crippen molar-refractivity contribution in [3.63, 3.8) is 0 Å². The van der Waals surface area contributed by atoms with Crippen molar-refractivity contribution in [3.8, 4) is 22.6 Å². The summed E-state index contributed by atoms with van der Waals surface area (Å²) in [5.74, 6) is -0.388. The molecule has 1 N–H and O–H groups in total. The van der Waals surface area contributed by atoms with Crippen molar-refractivity contribution in [1.29, 1.82) is 0 Å². The SMILES string of the molecule is COc1cccc(-c2cc(C(=O)NC3=C(Cl)C(=O)c4ccccc4C3=O)ccc2OC)c1. The number of hydrogen-bond acceptors (Lipinski definition) is 5. The molecule has 32 heavy (non-hydrogen) atoms. The van der Waals surface area contributed by atoms with Crippen molar-refractivity contribution >= 4 is 29.1 Å². The lowest BCUT2D eigenvalue weighted by atomic mass is 9.92. The van der Waals surface area contributed by atoms with Crippen molar-refractivity contribution in [3.05, 3.63) is 94.1 Å². The van der Waals surface area contributed by atoms with Gasteiger partial charge >= 0.3 is 0 Å². The highest BCUT2D eigenvalue weighted by atomic mass is 35.5. The van der Waals surface area contributed by atoms with E-state index in [0.717, 1.165) is 5.56 Å². The molecule has 1 aliphatic carbocycles. The Balaban J connectivity index is 1.69. The Kier molecular flexibility index (Phi) is 5.79. The van der Waals surface area contributed by atoms with Crippen molar-refractivity contribution in [2.75, 3.05) is 14.2 Å². The van der Waals surface area contributed by atoms with Crippen LogP contribution in [0.4, 0.5) is 0 Å². The first-order valence-electron chi connectivity index (χ1n) is 9.66. The second-order valence-corrected chi connectivity index (χ2v) is 7.37. The second kappa shape index (κ2) is 8.69. The number of fused-ring (bicyclic) bond motifs is 1. The molecular formula is C25H18ClNO5. The third-order valence-electron chi connectivity index (χ3n) is 5.14. The van der Waals surface area contributed by atoms with E-state index >= 15 is 0 Å². The number of rotatable bonds is 5. The summed E-state index contributed by atoms with van der Waals surface area (Å²) >= 11 is 6.16. The fourth-order valence-corrected chi connectivity index (χ4v) is 3.74. The molecule has 0 fully saturated rings. The number of carbonyl (C=O) groups is 3. The summed E-state index contributed by atoms with van der Waals surface area (Å²) in [6.07, 6.45) is 0. The predicted molar refractivity (Wildman–Crippen MR) is 120 cm³/mol. The number of hydrogen-bond donors (Lipinski definition) is 1. The first kappa shape index (κ1) is 21.3. The van der Waals surface area contributed by atoms with Gasteiger partial charge in [0.2, 0.25) is 11.6 Å². The minimum Gasteiger partial charge on any atom is -0.497 e. The number of ketones is 2. The number of ether oxygens (including phenoxy) is 2. The van der Waals surface area contributed by atoms with Crippen LogP contribution in [0.3, 0.4) is 0 Å². The molecule has 0 heterocycles. The smallest absolute Gasteiger partial charge is 0.255 e. The van der Waals surface area contributed by atoms with Crippen LogP contribution < -0.4 is 14.8 Å². The number of carbonyl (C=O) groups excluding carboxylic acids is 3. The van der Waals surface area contributed by atoms with Crippen molar-refractivity contribution < 1.29 is 23.9 Å². The van der Waals surface area contributed by atoms with E-state index in [0.29, 0.717) is 17.1 Å². The molecule has 7 heteroatoms. The zero-order valence-electron chi connectivity index (χ0n) is 17.3. The van der Waals surface area contributed by atoms with Crippen LogP contribution in [0.2, 0.25) is 0 Å². The van der Waals surface area contributed by atoms with Crippen LogP contribution in [-0.2, 0) is 0 Å². The average Bonchev–Trinajstić information content (AvgIpc) is 2.84. The highest BCUT2D eigenvalue weighted by molar-refractivity contribution is 6.50. The highest BCUT2D eigenvalue weighted by Gasteiger charge is 2.32. The molecule has 0 saturated carbocycles. The maximum Gasteiger partial charge on any atom is 0.255 e. The van der Waals surface area contributed by atoms with Gasteiger partial charge in [0.15, 0.2) is 0 Å². The van der Waals surface area contributed by atoms with Crippen LogP contribution in [0.5, 0.6) is 11.5 Å². The molecule has 160 valence electrons. The summed E-state index contributed by atoms with van der Waals surface area (Å²) in [6.45, 7) is 0. The van der Waals surface area contributed by atoms with Crippen LogP contribution in [0.25, 0.3) is 11.1 Å². The van der Waals surface area contributed by atoms with Crippen LogP contribution in [-0.4, -0.2) is 31.7 Å². The van der Waals surface area contributed by atoms with Crippen LogP contribution >= 0.6 is 11.6 Å². The molecule has 0 spiro atoms. The molecule has 3 aromatic rings. The van der Waals surface area contributed by atoms with Gasteiger partial charge in [-0.15, -0.1) is 0 Å². The third-order valence-corrected chi connectivity index (χ3v) is 5.50. The molecular weight excluding hydrogens is 430 g/mol. The van der Waals surface area contributed by atoms with Crippen molar-refractivity contribution in [2.45, 2.75) is 0 Å². The van der Waals surface area contributed by atoms with Gasteiger partial charge in [0.1, 0.15) is 22.2 Å². The van der Waals surface area contributed by atoms with Crippen LogP contribution in [0, 0.1) is 0 Å². The van der Waals surface area contributed by atoms with E-state index in [1.807, 2.05) is 24.3 Å². The summed E-state index contributed by atoms with van der Waals surface area (Å²) in [5.41, 5.74) is 1.88. The Morgan fingerprint density at radius 2 is 1.53 bits per heavy atom. The van der Waals surface area contributed by atoms with E-state index < -0.39 is 17.5 Å². The summed E-state index contributed by atoms with van der Waals surface area (Å²) in [4.78, 5) is 38.4. The van der Waals surface area contributed by atoms with Gasteiger partial charge in [-0.1, -0.05) is 48.0 Å². The lowest BCUT2D eigenvalue weighted by molar-refractivity contribution is 0.0923. The molecule has 0 radical (unpaired) electrons. The number of Topliss-reactive ketones (excluding diaryl/α,β-unsaturated/α-hetero) is 2. The average molecular weight is 448 g/mol. The molecule has 0 bridgehead atoms. The molecule has 0 atom stereocenters. The highest BCUT2D eigenvalue weighted by Crippen LogP contribution is 2.33. The molecule has 0 unspecified atom stereocenters. The Bertz CT molecular complexity index is 1290. The molecule has 0 aromatic heterocycles. The minimum atomic E-state index is -0.578. The lowest BCUT2D eigenvalue weighted by Crippen LogP contribution is -2.33. The molecule has 0 saturated heterocycles. The number of benzene rings is 3. The quantitative estimate of drug-likeness (QED) is 0.616. The molecule has 4 rings (SSSR count). The Morgan fingerprint density at radius 3 is 2.22 bits per heavy atom. The first-order valence-corrected chi connectivity index (χ1v) is 10.0. The maximum atomic E-state index is 13.0. The van der Waals surface area contributed by atoms with E-state index in [4.69, 9.17) is 21.1 Å². The van der Waals surface area contributed by atoms with Crippen LogP contribution in [0.15, 0.2) is 77.5 Å². The van der Waals surface area contributed by atoms with Gasteiger partial charge < -0.3 is 14.8 Å². The molecule has 6 nitrogen and oxygen atoms in total. The van der Waals surface area contributed by atoms with Gasteiger partial charge in [0, 0.05) is 22.3 Å². The third kappa shape index (κ3) is 3.76. The summed E-state index contributed by atoms with van der Waals surface area (Å²) in [6, 6.07) is 18.5. The van der Waals surface area contributed by atoms with Gasteiger partial charge in [-0.25, -0.2) is 0 Å². The van der Waals surface area contributed by atoms with E-state index in [9.17, 15) is 14.4 Å². The van der Waals surface area contributed by atoms with Crippen molar-refractivity contribution in [1.82, 2.24) is 5.32 Å². The van der Waals surface area contributed by atoms with Gasteiger partial charge in [-0.05, 0) is 35.9 Å². The lowest BCUT2D eigenvalue weighted by Gasteiger charge is -2.18. The summed E-state index contributed by atoms with van der Waals surface area (Å²) in [7, 11) is 3.10.